The Balaban J connectivity index is 1.39. The monoisotopic (exact) mass is 557 g/mol. The minimum atomic E-state index is -4.10. The Bertz CT molecular complexity index is 1440. The molecule has 0 radical (unpaired) electrons. The molecule has 2 heterocycles. The second kappa shape index (κ2) is 12.1. The van der Waals surface area contributed by atoms with Gasteiger partial charge in [0, 0.05) is 20.0 Å². The molecule has 0 spiro atoms. The van der Waals surface area contributed by atoms with E-state index in [1.165, 1.54) is 25.5 Å². The van der Waals surface area contributed by atoms with E-state index in [1.807, 2.05) is 17.5 Å². The first-order chi connectivity index (χ1) is 18.3. The zero-order chi connectivity index (χ0) is 27.1. The maximum absolute atomic E-state index is 13.2. The van der Waals surface area contributed by atoms with Gasteiger partial charge in [-0.15, -0.1) is 11.3 Å². The number of carboxylic acid groups (broad SMARTS) is 1. The minimum absolute atomic E-state index is 0.117. The number of hydrogen-bond donors (Lipinski definition) is 1. The lowest BCUT2D eigenvalue weighted by molar-refractivity contribution is -0.137. The second-order valence-electron chi connectivity index (χ2n) is 8.15. The predicted molar refractivity (Wildman–Crippen MR) is 144 cm³/mol. The molecule has 200 valence electrons. The maximum atomic E-state index is 13.2. The van der Waals surface area contributed by atoms with Crippen molar-refractivity contribution in [3.05, 3.63) is 83.4 Å². The fourth-order valence-electron chi connectivity index (χ4n) is 3.64. The number of nitrogens with zero attached hydrogens (tertiary/aromatic N) is 3. The number of aromatic nitrogens is 1. The summed E-state index contributed by atoms with van der Waals surface area (Å²) in [6, 6.07) is 19.1. The van der Waals surface area contributed by atoms with E-state index in [1.54, 1.807) is 54.6 Å². The molecule has 0 aliphatic heterocycles. The molecule has 38 heavy (non-hydrogen) atoms. The normalized spacial score (nSPS) is 11.4. The zero-order valence-electron chi connectivity index (χ0n) is 20.8. The fraction of sp³-hybridized carbons (Fsp3) is 0.231. The third-order valence-electron chi connectivity index (χ3n) is 5.57. The van der Waals surface area contributed by atoms with Crippen molar-refractivity contribution in [1.29, 1.82) is 0 Å². The lowest BCUT2D eigenvalue weighted by Gasteiger charge is -2.27. The number of thiophene rings is 1. The van der Waals surface area contributed by atoms with E-state index >= 15 is 0 Å². The van der Waals surface area contributed by atoms with E-state index in [2.05, 4.69) is 4.98 Å². The number of anilines is 1. The van der Waals surface area contributed by atoms with Crippen LogP contribution in [-0.4, -0.2) is 56.1 Å². The number of ether oxygens (including phenoxy) is 2. The molecule has 1 N–H and O–H groups in total. The first-order valence-electron chi connectivity index (χ1n) is 11.6. The first kappa shape index (κ1) is 27.2. The third-order valence-corrected chi connectivity index (χ3v) is 8.24. The van der Waals surface area contributed by atoms with Crippen LogP contribution in [0, 0.1) is 0 Å². The van der Waals surface area contributed by atoms with Crippen molar-refractivity contribution in [2.24, 2.45) is 0 Å². The highest BCUT2D eigenvalue weighted by Gasteiger charge is 2.29. The van der Waals surface area contributed by atoms with Gasteiger partial charge in [-0.25, -0.2) is 4.98 Å². The maximum Gasteiger partial charge on any atom is 0.318 e. The van der Waals surface area contributed by atoms with Crippen LogP contribution in [0.5, 0.6) is 11.7 Å². The van der Waals surface area contributed by atoms with Gasteiger partial charge < -0.3 is 19.0 Å². The Hall–Kier alpha value is -3.87. The van der Waals surface area contributed by atoms with E-state index in [4.69, 9.17) is 13.9 Å². The van der Waals surface area contributed by atoms with Crippen LogP contribution in [0.2, 0.25) is 0 Å². The Kier molecular flexibility index (Phi) is 8.66. The number of oxazole rings is 1. The molecule has 0 saturated carbocycles. The quantitative estimate of drug-likeness (QED) is 0.258. The summed E-state index contributed by atoms with van der Waals surface area (Å²) in [6.45, 7) is -0.480. The van der Waals surface area contributed by atoms with Gasteiger partial charge in [-0.05, 0) is 41.3 Å². The molecule has 0 aliphatic carbocycles. The predicted octanol–water partition coefficient (Wildman–Crippen LogP) is 4.30. The topological polar surface area (TPSA) is 122 Å². The highest BCUT2D eigenvalue weighted by Crippen LogP contribution is 2.30. The Labute approximate surface area is 224 Å². The van der Waals surface area contributed by atoms with Crippen LogP contribution in [0.3, 0.4) is 0 Å². The van der Waals surface area contributed by atoms with Gasteiger partial charge in [-0.1, -0.05) is 36.4 Å². The molecule has 0 aliphatic rings. The summed E-state index contributed by atoms with van der Waals surface area (Å²) in [5, 5.41) is 11.3. The average molecular weight is 558 g/mol. The van der Waals surface area contributed by atoms with E-state index in [9.17, 15) is 18.3 Å². The number of carboxylic acids is 1. The van der Waals surface area contributed by atoms with Crippen LogP contribution in [0.4, 0.5) is 5.69 Å². The summed E-state index contributed by atoms with van der Waals surface area (Å²) >= 11 is 1.52. The molecule has 0 amide bonds. The van der Waals surface area contributed by atoms with Crippen LogP contribution >= 0.6 is 11.3 Å². The molecule has 12 heteroatoms. The van der Waals surface area contributed by atoms with Gasteiger partial charge in [0.15, 0.2) is 0 Å². The molecule has 2 aromatic carbocycles. The van der Waals surface area contributed by atoms with Gasteiger partial charge in [0.2, 0.25) is 5.89 Å². The molecular weight excluding hydrogens is 530 g/mol. The SMILES string of the molecule is COc1oc(-c2cccs2)nc1CCOc1ccc(CN(CC(=O)O)S(=O)(=O)N(C)c2ccccc2)cc1. The summed E-state index contributed by atoms with van der Waals surface area (Å²) < 4.78 is 45.2. The van der Waals surface area contributed by atoms with Crippen molar-refractivity contribution >= 4 is 33.2 Å². The molecule has 0 fully saturated rings. The van der Waals surface area contributed by atoms with E-state index in [-0.39, 0.29) is 6.54 Å². The van der Waals surface area contributed by atoms with Crippen LogP contribution in [0.15, 0.2) is 76.5 Å². The van der Waals surface area contributed by atoms with Gasteiger partial charge in [-0.2, -0.15) is 12.7 Å². The Morgan fingerprint density at radius 2 is 1.82 bits per heavy atom. The second-order valence-corrected chi connectivity index (χ2v) is 11.1. The molecule has 0 bridgehead atoms. The van der Waals surface area contributed by atoms with Crippen molar-refractivity contribution < 1.29 is 32.2 Å². The third kappa shape index (κ3) is 6.52. The van der Waals surface area contributed by atoms with Gasteiger partial charge >= 0.3 is 22.1 Å². The van der Waals surface area contributed by atoms with Crippen LogP contribution in [-0.2, 0) is 28.0 Å². The lowest BCUT2D eigenvalue weighted by atomic mass is 10.2. The number of rotatable bonds is 13. The molecule has 0 atom stereocenters. The molecule has 0 saturated heterocycles. The Morgan fingerprint density at radius 1 is 1.08 bits per heavy atom. The Morgan fingerprint density at radius 3 is 2.45 bits per heavy atom. The lowest BCUT2D eigenvalue weighted by Crippen LogP contribution is -2.44. The molecular formula is C26H27N3O7S2. The molecule has 4 aromatic rings. The van der Waals surface area contributed by atoms with E-state index in [0.717, 1.165) is 13.5 Å². The number of hydrogen-bond acceptors (Lipinski definition) is 8. The summed E-state index contributed by atoms with van der Waals surface area (Å²) in [5.41, 5.74) is 1.69. The van der Waals surface area contributed by atoms with Crippen molar-refractivity contribution in [2.75, 3.05) is 31.6 Å². The molecule has 0 unspecified atom stereocenters. The van der Waals surface area contributed by atoms with E-state index in [0.29, 0.717) is 47.6 Å². The molecule has 4 rings (SSSR count). The number of para-hydroxylation sites is 1. The molecule has 10 nitrogen and oxygen atoms in total. The number of benzene rings is 2. The van der Waals surface area contributed by atoms with E-state index < -0.39 is 22.7 Å². The van der Waals surface area contributed by atoms with Crippen LogP contribution in [0.1, 0.15) is 11.3 Å². The number of methoxy groups -OCH3 is 1. The largest absolute Gasteiger partial charge is 0.493 e. The van der Waals surface area contributed by atoms with Crippen LogP contribution < -0.4 is 13.8 Å². The molecule has 2 aromatic heterocycles. The summed E-state index contributed by atoms with van der Waals surface area (Å²) in [6.07, 6.45) is 0.455. The smallest absolute Gasteiger partial charge is 0.318 e. The van der Waals surface area contributed by atoms with Crippen molar-refractivity contribution in [1.82, 2.24) is 9.29 Å². The number of aliphatic carboxylic acids is 1. The van der Waals surface area contributed by atoms with Gasteiger partial charge in [0.1, 0.15) is 18.0 Å². The average Bonchev–Trinajstić information content (AvgIpc) is 3.59. The van der Waals surface area contributed by atoms with Crippen molar-refractivity contribution in [3.63, 3.8) is 0 Å². The van der Waals surface area contributed by atoms with Gasteiger partial charge in [0.05, 0.1) is 24.3 Å². The minimum Gasteiger partial charge on any atom is -0.493 e. The highest BCUT2D eigenvalue weighted by atomic mass is 32.2. The summed E-state index contributed by atoms with van der Waals surface area (Å²) in [5.74, 6) is 0.159. The van der Waals surface area contributed by atoms with Gasteiger partial charge in [-0.3, -0.25) is 9.10 Å². The highest BCUT2D eigenvalue weighted by molar-refractivity contribution is 7.90. The summed E-state index contributed by atoms with van der Waals surface area (Å²) in [4.78, 5) is 16.9. The van der Waals surface area contributed by atoms with Crippen molar-refractivity contribution in [3.8, 4) is 22.5 Å². The summed E-state index contributed by atoms with van der Waals surface area (Å²) in [7, 11) is -1.18. The zero-order valence-corrected chi connectivity index (χ0v) is 22.4. The fourth-order valence-corrected chi connectivity index (χ4v) is 5.60. The first-order valence-corrected chi connectivity index (χ1v) is 13.9. The number of carbonyl (C=O) groups is 1. The van der Waals surface area contributed by atoms with Gasteiger partial charge in [0.25, 0.3) is 0 Å². The standard InChI is InChI=1S/C26H27N3O7S2/c1-28(20-7-4-3-5-8-20)38(32,33)29(18-24(30)31)17-19-10-12-21(13-11-19)35-15-14-22-26(34-2)36-25(27-22)23-9-6-16-37-23/h3-13,16H,14-15,17-18H2,1-2H3,(H,30,31). The van der Waals surface area contributed by atoms with Crippen LogP contribution in [0.25, 0.3) is 10.8 Å². The van der Waals surface area contributed by atoms with Crippen molar-refractivity contribution in [2.45, 2.75) is 13.0 Å².